The first-order valence-corrected chi connectivity index (χ1v) is 10.1. The van der Waals surface area contributed by atoms with Gasteiger partial charge in [-0.05, 0) is 23.8 Å². The Bertz CT molecular complexity index is 809. The summed E-state index contributed by atoms with van der Waals surface area (Å²) in [4.78, 5) is 4.90. The summed E-state index contributed by atoms with van der Waals surface area (Å²) >= 11 is 0. The number of methoxy groups -OCH3 is 5. The van der Waals surface area contributed by atoms with Gasteiger partial charge in [-0.25, -0.2) is 0 Å². The van der Waals surface area contributed by atoms with Crippen LogP contribution in [-0.2, 0) is 13.1 Å². The molecule has 1 aliphatic rings. The molecule has 0 spiro atoms. The van der Waals surface area contributed by atoms with E-state index in [-0.39, 0.29) is 0 Å². The highest BCUT2D eigenvalue weighted by Crippen LogP contribution is 2.38. The summed E-state index contributed by atoms with van der Waals surface area (Å²) in [6, 6.07) is 10.1. The van der Waals surface area contributed by atoms with Gasteiger partial charge in [0.2, 0.25) is 5.75 Å². The van der Waals surface area contributed by atoms with Gasteiger partial charge in [0.25, 0.3) is 0 Å². The van der Waals surface area contributed by atoms with E-state index in [9.17, 15) is 0 Å². The van der Waals surface area contributed by atoms with E-state index >= 15 is 0 Å². The van der Waals surface area contributed by atoms with E-state index in [1.807, 2.05) is 24.3 Å². The second kappa shape index (κ2) is 10.4. The standard InChI is InChI=1S/C23H32N2O5/c1-26-19-7-6-18(20(14-19)27-2)16-25-10-8-24(9-11-25)15-17-12-21(28-3)23(30-5)22(13-17)29-4/h6-7,12-14H,8-11,15-16H2,1-5H3. The maximum absolute atomic E-state index is 5.54. The molecule has 0 aliphatic carbocycles. The van der Waals surface area contributed by atoms with Crippen molar-refractivity contribution in [2.24, 2.45) is 0 Å². The Balaban J connectivity index is 1.60. The van der Waals surface area contributed by atoms with Gasteiger partial charge < -0.3 is 23.7 Å². The molecule has 30 heavy (non-hydrogen) atoms. The van der Waals surface area contributed by atoms with Crippen LogP contribution in [0.15, 0.2) is 30.3 Å². The molecule has 0 unspecified atom stereocenters. The summed E-state index contributed by atoms with van der Waals surface area (Å²) in [7, 11) is 8.28. The molecule has 0 saturated carbocycles. The van der Waals surface area contributed by atoms with Crippen LogP contribution in [0.25, 0.3) is 0 Å². The zero-order valence-corrected chi connectivity index (χ0v) is 18.6. The fourth-order valence-corrected chi connectivity index (χ4v) is 3.81. The zero-order valence-electron chi connectivity index (χ0n) is 18.6. The second-order valence-electron chi connectivity index (χ2n) is 7.26. The van der Waals surface area contributed by atoms with Crippen molar-refractivity contribution >= 4 is 0 Å². The van der Waals surface area contributed by atoms with Crippen molar-refractivity contribution in [3.05, 3.63) is 41.5 Å². The largest absolute Gasteiger partial charge is 0.497 e. The minimum absolute atomic E-state index is 0.627. The third kappa shape index (κ3) is 5.09. The van der Waals surface area contributed by atoms with Crippen LogP contribution in [0.1, 0.15) is 11.1 Å². The quantitative estimate of drug-likeness (QED) is 0.623. The van der Waals surface area contributed by atoms with Crippen molar-refractivity contribution in [1.29, 1.82) is 0 Å². The Morgan fingerprint density at radius 3 is 1.70 bits per heavy atom. The van der Waals surface area contributed by atoms with Gasteiger partial charge in [0.1, 0.15) is 11.5 Å². The minimum Gasteiger partial charge on any atom is -0.497 e. The minimum atomic E-state index is 0.627. The molecule has 2 aromatic rings. The number of nitrogens with zero attached hydrogens (tertiary/aromatic N) is 2. The second-order valence-corrected chi connectivity index (χ2v) is 7.26. The number of hydrogen-bond acceptors (Lipinski definition) is 7. The highest BCUT2D eigenvalue weighted by Gasteiger charge is 2.20. The molecule has 1 fully saturated rings. The van der Waals surface area contributed by atoms with E-state index in [4.69, 9.17) is 23.7 Å². The maximum Gasteiger partial charge on any atom is 0.203 e. The summed E-state index contributed by atoms with van der Waals surface area (Å²) in [6.07, 6.45) is 0. The van der Waals surface area contributed by atoms with Crippen molar-refractivity contribution in [2.75, 3.05) is 61.7 Å². The lowest BCUT2D eigenvalue weighted by molar-refractivity contribution is 0.121. The molecule has 1 aliphatic heterocycles. The van der Waals surface area contributed by atoms with Crippen LogP contribution in [0.3, 0.4) is 0 Å². The van der Waals surface area contributed by atoms with E-state index in [0.29, 0.717) is 17.2 Å². The van der Waals surface area contributed by atoms with E-state index in [2.05, 4.69) is 15.9 Å². The lowest BCUT2D eigenvalue weighted by atomic mass is 10.1. The lowest BCUT2D eigenvalue weighted by Crippen LogP contribution is -2.45. The van der Waals surface area contributed by atoms with Crippen LogP contribution in [0.4, 0.5) is 0 Å². The van der Waals surface area contributed by atoms with Crippen LogP contribution in [0, 0.1) is 0 Å². The monoisotopic (exact) mass is 416 g/mol. The van der Waals surface area contributed by atoms with Gasteiger partial charge in [-0.2, -0.15) is 0 Å². The number of rotatable bonds is 9. The fraction of sp³-hybridized carbons (Fsp3) is 0.478. The molecule has 0 radical (unpaired) electrons. The maximum atomic E-state index is 5.54. The molecule has 1 heterocycles. The number of benzene rings is 2. The molecule has 0 N–H and O–H groups in total. The third-order valence-electron chi connectivity index (χ3n) is 5.48. The molecule has 3 rings (SSSR count). The average Bonchev–Trinajstić information content (AvgIpc) is 2.79. The topological polar surface area (TPSA) is 52.6 Å². The lowest BCUT2D eigenvalue weighted by Gasteiger charge is -2.35. The van der Waals surface area contributed by atoms with E-state index < -0.39 is 0 Å². The van der Waals surface area contributed by atoms with Crippen LogP contribution in [-0.4, -0.2) is 71.5 Å². The highest BCUT2D eigenvalue weighted by atomic mass is 16.5. The SMILES string of the molecule is COc1ccc(CN2CCN(Cc3cc(OC)c(OC)c(OC)c3)CC2)c(OC)c1. The van der Waals surface area contributed by atoms with E-state index in [1.54, 1.807) is 35.5 Å². The first kappa shape index (κ1) is 22.1. The van der Waals surface area contributed by atoms with Crippen molar-refractivity contribution in [3.63, 3.8) is 0 Å². The Kier molecular flexibility index (Phi) is 7.65. The molecule has 0 aromatic heterocycles. The van der Waals surface area contributed by atoms with Gasteiger partial charge in [-0.15, -0.1) is 0 Å². The van der Waals surface area contributed by atoms with Gasteiger partial charge >= 0.3 is 0 Å². The van der Waals surface area contributed by atoms with Gasteiger partial charge in [0.15, 0.2) is 11.5 Å². The van der Waals surface area contributed by atoms with Gasteiger partial charge in [0.05, 0.1) is 35.5 Å². The van der Waals surface area contributed by atoms with Crippen molar-refractivity contribution in [2.45, 2.75) is 13.1 Å². The molecule has 1 saturated heterocycles. The fourth-order valence-electron chi connectivity index (χ4n) is 3.81. The van der Waals surface area contributed by atoms with Crippen LogP contribution < -0.4 is 23.7 Å². The molecule has 7 nitrogen and oxygen atoms in total. The number of ether oxygens (including phenoxy) is 5. The van der Waals surface area contributed by atoms with Crippen LogP contribution >= 0.6 is 0 Å². The Labute approximate surface area is 179 Å². The number of hydrogen-bond donors (Lipinski definition) is 0. The highest BCUT2D eigenvalue weighted by molar-refractivity contribution is 5.53. The summed E-state index contributed by atoms with van der Waals surface area (Å²) in [5.41, 5.74) is 2.33. The van der Waals surface area contributed by atoms with Crippen molar-refractivity contribution in [3.8, 4) is 28.7 Å². The Hall–Kier alpha value is -2.64. The first-order valence-electron chi connectivity index (χ1n) is 10.1. The van der Waals surface area contributed by atoms with Crippen LogP contribution in [0.5, 0.6) is 28.7 Å². The van der Waals surface area contributed by atoms with Crippen LogP contribution in [0.2, 0.25) is 0 Å². The molecule has 7 heteroatoms. The summed E-state index contributed by atoms with van der Waals surface area (Å²) in [5.74, 6) is 3.69. The molecular formula is C23H32N2O5. The van der Waals surface area contributed by atoms with Crippen molar-refractivity contribution in [1.82, 2.24) is 9.80 Å². The van der Waals surface area contributed by atoms with Crippen molar-refractivity contribution < 1.29 is 23.7 Å². The normalized spacial score (nSPS) is 15.0. The number of piperazine rings is 1. The van der Waals surface area contributed by atoms with Gasteiger partial charge in [-0.3, -0.25) is 9.80 Å². The average molecular weight is 417 g/mol. The predicted molar refractivity (Wildman–Crippen MR) is 116 cm³/mol. The van der Waals surface area contributed by atoms with Gasteiger partial charge in [-0.1, -0.05) is 6.07 Å². The van der Waals surface area contributed by atoms with E-state index in [0.717, 1.165) is 56.3 Å². The zero-order chi connectivity index (χ0) is 21.5. The molecule has 0 bridgehead atoms. The first-order chi connectivity index (χ1) is 14.6. The Morgan fingerprint density at radius 1 is 0.633 bits per heavy atom. The molecular weight excluding hydrogens is 384 g/mol. The smallest absolute Gasteiger partial charge is 0.203 e. The Morgan fingerprint density at radius 2 is 1.20 bits per heavy atom. The van der Waals surface area contributed by atoms with Gasteiger partial charge in [0, 0.05) is 50.9 Å². The predicted octanol–water partition coefficient (Wildman–Crippen LogP) is 3.05. The van der Waals surface area contributed by atoms with E-state index in [1.165, 1.54) is 5.56 Å². The summed E-state index contributed by atoms with van der Waals surface area (Å²) in [6.45, 7) is 5.70. The third-order valence-corrected chi connectivity index (χ3v) is 5.48. The molecule has 0 atom stereocenters. The summed E-state index contributed by atoms with van der Waals surface area (Å²) < 4.78 is 27.2. The molecule has 164 valence electrons. The molecule has 0 amide bonds. The summed E-state index contributed by atoms with van der Waals surface area (Å²) in [5, 5.41) is 0. The molecule has 2 aromatic carbocycles.